The molecular formula is C18H14N2O4. The van der Waals surface area contributed by atoms with Gasteiger partial charge in [-0.1, -0.05) is 0 Å². The Morgan fingerprint density at radius 1 is 1.00 bits per heavy atom. The Hall–Kier alpha value is -3.28. The van der Waals surface area contributed by atoms with Crippen LogP contribution in [0.1, 0.15) is 0 Å². The number of fused-ring (bicyclic) bond motifs is 2. The highest BCUT2D eigenvalue weighted by atomic mass is 16.5. The van der Waals surface area contributed by atoms with E-state index in [1.165, 1.54) is 0 Å². The summed E-state index contributed by atoms with van der Waals surface area (Å²) < 4.78 is 15.8. The van der Waals surface area contributed by atoms with Gasteiger partial charge in [0.2, 0.25) is 5.89 Å². The Morgan fingerprint density at radius 2 is 1.71 bits per heavy atom. The van der Waals surface area contributed by atoms with Crippen LogP contribution in [0.25, 0.3) is 33.3 Å². The zero-order chi connectivity index (χ0) is 16.7. The molecule has 2 heterocycles. The number of hydrogen-bond donors (Lipinski definition) is 1. The van der Waals surface area contributed by atoms with Crippen molar-refractivity contribution in [3.63, 3.8) is 0 Å². The summed E-state index contributed by atoms with van der Waals surface area (Å²) in [7, 11) is 3.15. The van der Waals surface area contributed by atoms with Crippen molar-refractivity contribution in [2.75, 3.05) is 14.2 Å². The first-order chi connectivity index (χ1) is 11.7. The number of ether oxygens (including phenoxy) is 2. The van der Waals surface area contributed by atoms with Crippen LogP contribution in [0.5, 0.6) is 11.5 Å². The maximum absolute atomic E-state index is 12.3. The number of hydrogen-bond acceptors (Lipinski definition) is 5. The molecule has 0 saturated carbocycles. The third-order valence-electron chi connectivity index (χ3n) is 3.95. The van der Waals surface area contributed by atoms with Gasteiger partial charge in [-0.05, 0) is 36.4 Å². The molecule has 0 aliphatic rings. The summed E-state index contributed by atoms with van der Waals surface area (Å²) in [5.74, 6) is 1.56. The number of methoxy groups -OCH3 is 2. The van der Waals surface area contributed by atoms with E-state index in [0.29, 0.717) is 22.2 Å². The first-order valence-electron chi connectivity index (χ1n) is 7.34. The van der Waals surface area contributed by atoms with Crippen molar-refractivity contribution < 1.29 is 13.9 Å². The minimum atomic E-state index is -0.453. The van der Waals surface area contributed by atoms with Crippen molar-refractivity contribution in [2.45, 2.75) is 0 Å². The van der Waals surface area contributed by atoms with Crippen LogP contribution in [-0.4, -0.2) is 24.2 Å². The van der Waals surface area contributed by atoms with Gasteiger partial charge in [-0.25, -0.2) is 9.78 Å². The molecule has 0 spiro atoms. The predicted octanol–water partition coefficient (Wildman–Crippen LogP) is 3.35. The lowest BCUT2D eigenvalue weighted by atomic mass is 10.1. The van der Waals surface area contributed by atoms with Crippen molar-refractivity contribution in [1.82, 2.24) is 9.97 Å². The summed E-state index contributed by atoms with van der Waals surface area (Å²) in [6.07, 6.45) is 1.77. The lowest BCUT2D eigenvalue weighted by Crippen LogP contribution is -2.03. The summed E-state index contributed by atoms with van der Waals surface area (Å²) in [6, 6.07) is 10.8. The number of rotatable bonds is 3. The predicted molar refractivity (Wildman–Crippen MR) is 90.7 cm³/mol. The molecule has 0 saturated heterocycles. The zero-order valence-corrected chi connectivity index (χ0v) is 13.1. The summed E-state index contributed by atoms with van der Waals surface area (Å²) in [5.41, 5.74) is 1.72. The second-order valence-electron chi connectivity index (χ2n) is 5.30. The van der Waals surface area contributed by atoms with Gasteiger partial charge in [0.05, 0.1) is 30.7 Å². The van der Waals surface area contributed by atoms with E-state index in [9.17, 15) is 4.79 Å². The van der Waals surface area contributed by atoms with Crippen LogP contribution in [0.3, 0.4) is 0 Å². The second kappa shape index (κ2) is 5.42. The first-order valence-corrected chi connectivity index (χ1v) is 7.34. The summed E-state index contributed by atoms with van der Waals surface area (Å²) in [5, 5.41) is 1.26. The van der Waals surface area contributed by atoms with Crippen molar-refractivity contribution in [1.29, 1.82) is 0 Å². The van der Waals surface area contributed by atoms with E-state index < -0.39 is 5.63 Å². The minimum absolute atomic E-state index is 0.261. The summed E-state index contributed by atoms with van der Waals surface area (Å²) in [4.78, 5) is 19.9. The second-order valence-corrected chi connectivity index (χ2v) is 5.30. The van der Waals surface area contributed by atoms with Crippen LogP contribution in [0, 0.1) is 0 Å². The molecule has 0 atom stereocenters. The minimum Gasteiger partial charge on any atom is -0.497 e. The molecule has 0 amide bonds. The highest BCUT2D eigenvalue weighted by Gasteiger charge is 2.14. The SMILES string of the molecule is COc1ccc2[nH]cc(-c3nc4ccc(OC)cc4c(=O)o3)c2c1. The van der Waals surface area contributed by atoms with Gasteiger partial charge in [-0.15, -0.1) is 0 Å². The Balaban J connectivity index is 1.95. The molecule has 1 N–H and O–H groups in total. The fourth-order valence-corrected chi connectivity index (χ4v) is 2.70. The number of aromatic nitrogens is 2. The molecule has 2 aromatic carbocycles. The average Bonchev–Trinajstić information content (AvgIpc) is 3.04. The fraction of sp³-hybridized carbons (Fsp3) is 0.111. The molecule has 0 fully saturated rings. The molecule has 0 unspecified atom stereocenters. The fourth-order valence-electron chi connectivity index (χ4n) is 2.70. The highest BCUT2D eigenvalue weighted by molar-refractivity contribution is 5.95. The molecule has 0 bridgehead atoms. The number of H-pyrrole nitrogens is 1. The Bertz CT molecular complexity index is 1110. The van der Waals surface area contributed by atoms with Crippen LogP contribution in [0.2, 0.25) is 0 Å². The molecule has 24 heavy (non-hydrogen) atoms. The molecule has 4 aromatic rings. The van der Waals surface area contributed by atoms with Gasteiger partial charge in [0.25, 0.3) is 0 Å². The highest BCUT2D eigenvalue weighted by Crippen LogP contribution is 2.30. The van der Waals surface area contributed by atoms with Crippen LogP contribution in [-0.2, 0) is 0 Å². The van der Waals surface area contributed by atoms with E-state index >= 15 is 0 Å². The van der Waals surface area contributed by atoms with Crippen molar-refractivity contribution in [3.05, 3.63) is 53.0 Å². The topological polar surface area (TPSA) is 77.4 Å². The molecule has 6 heteroatoms. The quantitative estimate of drug-likeness (QED) is 0.626. The van der Waals surface area contributed by atoms with Gasteiger partial charge in [-0.2, -0.15) is 0 Å². The molecule has 0 radical (unpaired) electrons. The number of nitrogens with one attached hydrogen (secondary N) is 1. The lowest BCUT2D eigenvalue weighted by molar-refractivity contribution is 0.415. The van der Waals surface area contributed by atoms with Crippen LogP contribution < -0.4 is 15.1 Å². The third-order valence-corrected chi connectivity index (χ3v) is 3.95. The molecule has 0 aliphatic heterocycles. The van der Waals surface area contributed by atoms with Crippen LogP contribution in [0.4, 0.5) is 0 Å². The van der Waals surface area contributed by atoms with E-state index in [1.54, 1.807) is 38.6 Å². The van der Waals surface area contributed by atoms with Crippen molar-refractivity contribution in [2.24, 2.45) is 0 Å². The zero-order valence-electron chi connectivity index (χ0n) is 13.1. The maximum atomic E-state index is 12.3. The molecule has 0 aliphatic carbocycles. The largest absolute Gasteiger partial charge is 0.497 e. The normalized spacial score (nSPS) is 11.1. The van der Waals surface area contributed by atoms with Gasteiger partial charge in [0.15, 0.2) is 0 Å². The van der Waals surface area contributed by atoms with Crippen LogP contribution in [0.15, 0.2) is 51.8 Å². The van der Waals surface area contributed by atoms with Gasteiger partial charge in [-0.3, -0.25) is 0 Å². The Morgan fingerprint density at radius 3 is 2.46 bits per heavy atom. The van der Waals surface area contributed by atoms with Gasteiger partial charge >= 0.3 is 5.63 Å². The molecule has 4 rings (SSSR count). The summed E-state index contributed by atoms with van der Waals surface area (Å²) in [6.45, 7) is 0. The van der Waals surface area contributed by atoms with E-state index in [1.807, 2.05) is 18.2 Å². The van der Waals surface area contributed by atoms with E-state index in [2.05, 4.69) is 9.97 Å². The maximum Gasteiger partial charge on any atom is 0.347 e. The third kappa shape index (κ3) is 2.20. The van der Waals surface area contributed by atoms with Gasteiger partial charge in [0.1, 0.15) is 11.5 Å². The number of benzene rings is 2. The number of aromatic amines is 1. The van der Waals surface area contributed by atoms with Gasteiger partial charge < -0.3 is 18.9 Å². The average molecular weight is 322 g/mol. The number of nitrogens with zero attached hydrogens (tertiary/aromatic N) is 1. The van der Waals surface area contributed by atoms with Crippen molar-refractivity contribution >= 4 is 21.8 Å². The molecular weight excluding hydrogens is 308 g/mol. The Kier molecular flexibility index (Phi) is 3.23. The molecule has 6 nitrogen and oxygen atoms in total. The smallest absolute Gasteiger partial charge is 0.347 e. The molecule has 2 aromatic heterocycles. The van der Waals surface area contributed by atoms with E-state index in [-0.39, 0.29) is 5.89 Å². The first kappa shape index (κ1) is 14.3. The van der Waals surface area contributed by atoms with Crippen molar-refractivity contribution in [3.8, 4) is 23.0 Å². The summed E-state index contributed by atoms with van der Waals surface area (Å²) >= 11 is 0. The van der Waals surface area contributed by atoms with Gasteiger partial charge in [0, 0.05) is 17.1 Å². The Labute approximate surface area is 136 Å². The monoisotopic (exact) mass is 322 g/mol. The molecule has 120 valence electrons. The van der Waals surface area contributed by atoms with Crippen LogP contribution >= 0.6 is 0 Å². The van der Waals surface area contributed by atoms with E-state index in [4.69, 9.17) is 13.9 Å². The lowest BCUT2D eigenvalue weighted by Gasteiger charge is -2.04. The standard InChI is InChI=1S/C18H14N2O4/c1-22-10-3-5-15-12(7-10)14(9-19-15)17-20-16-6-4-11(23-2)8-13(16)18(21)24-17/h3-9,19H,1-2H3. The van der Waals surface area contributed by atoms with E-state index in [0.717, 1.165) is 16.7 Å².